The molecule has 4 aromatic rings. The molecule has 0 saturated heterocycles. The number of fused-ring (bicyclic) bond motifs is 3. The molecule has 0 spiro atoms. The second-order valence-electron chi connectivity index (χ2n) is 8.22. The number of hydrogen-bond donors (Lipinski definition) is 0. The molecule has 0 fully saturated rings. The van der Waals surface area contributed by atoms with E-state index in [2.05, 4.69) is 36.6 Å². The molecule has 6 nitrogen and oxygen atoms in total. The Kier molecular flexibility index (Phi) is 6.59. The van der Waals surface area contributed by atoms with Crippen molar-refractivity contribution in [1.29, 1.82) is 0 Å². The van der Waals surface area contributed by atoms with Gasteiger partial charge in [-0.2, -0.15) is 0 Å². The second-order valence-corrected chi connectivity index (χ2v) is 8.22. The van der Waals surface area contributed by atoms with E-state index in [1.165, 1.54) is 5.56 Å². The summed E-state index contributed by atoms with van der Waals surface area (Å²) in [7, 11) is 0. The van der Waals surface area contributed by atoms with E-state index in [4.69, 9.17) is 14.2 Å². The van der Waals surface area contributed by atoms with Crippen molar-refractivity contribution < 1.29 is 23.8 Å². The van der Waals surface area contributed by atoms with Crippen molar-refractivity contribution in [2.45, 2.75) is 34.6 Å². The molecule has 176 valence electrons. The first-order valence-corrected chi connectivity index (χ1v) is 11.5. The number of carbonyl (C=O) groups is 2. The number of aryl methyl sites for hydroxylation is 2. The third kappa shape index (κ3) is 4.12. The highest BCUT2D eigenvalue weighted by Crippen LogP contribution is 2.40. The molecule has 0 unspecified atom stereocenters. The van der Waals surface area contributed by atoms with Crippen LogP contribution in [0, 0.1) is 20.8 Å². The number of nitrogens with zero attached hydrogens (tertiary/aromatic N) is 1. The first-order valence-electron chi connectivity index (χ1n) is 11.5. The van der Waals surface area contributed by atoms with Crippen LogP contribution < -0.4 is 4.74 Å². The van der Waals surface area contributed by atoms with Crippen LogP contribution >= 0.6 is 0 Å². The first kappa shape index (κ1) is 23.4. The molecule has 0 amide bonds. The van der Waals surface area contributed by atoms with Crippen molar-refractivity contribution in [1.82, 2.24) is 4.57 Å². The molecule has 0 N–H and O–H groups in total. The van der Waals surface area contributed by atoms with Crippen molar-refractivity contribution in [3.05, 3.63) is 70.9 Å². The smallest absolute Gasteiger partial charge is 0.344 e. The lowest BCUT2D eigenvalue weighted by molar-refractivity contribution is -0.145. The van der Waals surface area contributed by atoms with Gasteiger partial charge >= 0.3 is 11.9 Å². The fourth-order valence-electron chi connectivity index (χ4n) is 4.51. The van der Waals surface area contributed by atoms with Crippen molar-refractivity contribution in [3.63, 3.8) is 0 Å². The lowest BCUT2D eigenvalue weighted by Crippen LogP contribution is -2.14. The van der Waals surface area contributed by atoms with Crippen molar-refractivity contribution in [3.8, 4) is 11.4 Å². The molecule has 1 heterocycles. The van der Waals surface area contributed by atoms with Gasteiger partial charge in [-0.25, -0.2) is 9.59 Å². The van der Waals surface area contributed by atoms with Gasteiger partial charge in [0.05, 0.1) is 24.3 Å². The monoisotopic (exact) mass is 459 g/mol. The van der Waals surface area contributed by atoms with Crippen LogP contribution in [0.1, 0.15) is 41.0 Å². The minimum Gasteiger partial charge on any atom is -0.481 e. The first-order chi connectivity index (χ1) is 16.4. The zero-order valence-corrected chi connectivity index (χ0v) is 20.2. The summed E-state index contributed by atoms with van der Waals surface area (Å²) in [6, 6.07) is 15.9. The van der Waals surface area contributed by atoms with Crippen LogP contribution in [0.3, 0.4) is 0 Å². The van der Waals surface area contributed by atoms with Gasteiger partial charge in [-0.3, -0.25) is 0 Å². The normalized spacial score (nSPS) is 11.1. The van der Waals surface area contributed by atoms with E-state index in [0.29, 0.717) is 16.7 Å². The lowest BCUT2D eigenvalue weighted by atomic mass is 10.0. The molecule has 4 rings (SSSR count). The number of ether oxygens (including phenoxy) is 3. The van der Waals surface area contributed by atoms with E-state index in [1.54, 1.807) is 13.8 Å². The predicted molar refractivity (Wildman–Crippen MR) is 133 cm³/mol. The van der Waals surface area contributed by atoms with E-state index < -0.39 is 5.97 Å². The largest absolute Gasteiger partial charge is 0.481 e. The molecule has 0 aliphatic rings. The summed E-state index contributed by atoms with van der Waals surface area (Å²) in [5.74, 6) is -0.319. The molecule has 0 bridgehead atoms. The minimum absolute atomic E-state index is 0.213. The van der Waals surface area contributed by atoms with Gasteiger partial charge in [0, 0.05) is 27.5 Å². The van der Waals surface area contributed by atoms with Gasteiger partial charge in [-0.15, -0.1) is 0 Å². The molecule has 0 saturated carbocycles. The summed E-state index contributed by atoms with van der Waals surface area (Å²) >= 11 is 0. The maximum atomic E-state index is 13.1. The Labute approximate surface area is 199 Å². The van der Waals surface area contributed by atoms with Crippen LogP contribution in [0.25, 0.3) is 27.4 Å². The van der Waals surface area contributed by atoms with Gasteiger partial charge < -0.3 is 18.8 Å². The number of aromatic nitrogens is 1. The number of benzene rings is 3. The summed E-state index contributed by atoms with van der Waals surface area (Å²) in [6.45, 7) is 9.94. The predicted octanol–water partition coefficient (Wildman–Crippen LogP) is 5.83. The summed E-state index contributed by atoms with van der Waals surface area (Å²) in [5.41, 5.74) is 5.43. The Hall–Kier alpha value is -3.80. The van der Waals surface area contributed by atoms with Crippen molar-refractivity contribution in [2.24, 2.45) is 0 Å². The Morgan fingerprint density at radius 2 is 1.56 bits per heavy atom. The maximum Gasteiger partial charge on any atom is 0.344 e. The van der Waals surface area contributed by atoms with Gasteiger partial charge in [-0.1, -0.05) is 42.0 Å². The highest BCUT2D eigenvalue weighted by molar-refractivity contribution is 6.17. The average molecular weight is 460 g/mol. The zero-order valence-electron chi connectivity index (χ0n) is 20.2. The van der Waals surface area contributed by atoms with Gasteiger partial charge in [-0.05, 0) is 52.3 Å². The molecule has 1 aromatic heterocycles. The zero-order chi connectivity index (χ0) is 24.4. The SMILES string of the molecule is CCOC(=O)COc1cc2c(C(=O)OCC)c(C)n(-c3ccc(C)cc3C)c2c2ccccc12. The minimum atomic E-state index is -0.443. The van der Waals surface area contributed by atoms with Crippen molar-refractivity contribution >= 4 is 33.6 Å². The van der Waals surface area contributed by atoms with Crippen LogP contribution in [0.4, 0.5) is 0 Å². The van der Waals surface area contributed by atoms with Gasteiger partial charge in [0.15, 0.2) is 6.61 Å². The summed E-state index contributed by atoms with van der Waals surface area (Å²) in [4.78, 5) is 25.1. The van der Waals surface area contributed by atoms with E-state index in [-0.39, 0.29) is 25.8 Å². The average Bonchev–Trinajstić information content (AvgIpc) is 3.09. The van der Waals surface area contributed by atoms with E-state index in [9.17, 15) is 9.59 Å². The van der Waals surface area contributed by atoms with Crippen LogP contribution in [0.2, 0.25) is 0 Å². The molecule has 3 aromatic carbocycles. The van der Waals surface area contributed by atoms with Gasteiger partial charge in [0.2, 0.25) is 0 Å². The lowest BCUT2D eigenvalue weighted by Gasteiger charge is -2.15. The number of rotatable bonds is 7. The molecule has 0 radical (unpaired) electrons. The fraction of sp³-hybridized carbons (Fsp3) is 0.286. The Bertz CT molecular complexity index is 1400. The Balaban J connectivity index is 2.05. The summed E-state index contributed by atoms with van der Waals surface area (Å²) in [6.07, 6.45) is 0. The standard InChI is InChI=1S/C28H29NO5/c1-6-32-25(30)16-34-24-15-22-26(28(31)33-7-2)19(5)29(23-13-12-17(3)14-18(23)4)27(22)21-11-9-8-10-20(21)24/h8-15H,6-7,16H2,1-5H3. The molecule has 0 aliphatic heterocycles. The van der Waals surface area contributed by atoms with E-state index >= 15 is 0 Å². The molecular weight excluding hydrogens is 430 g/mol. The van der Waals surface area contributed by atoms with Crippen LogP contribution in [0.15, 0.2) is 48.5 Å². The number of carbonyl (C=O) groups excluding carboxylic acids is 2. The maximum absolute atomic E-state index is 13.1. The third-order valence-corrected chi connectivity index (χ3v) is 5.89. The number of hydrogen-bond acceptors (Lipinski definition) is 5. The van der Waals surface area contributed by atoms with Crippen LogP contribution in [0.5, 0.6) is 5.75 Å². The quantitative estimate of drug-likeness (QED) is 0.326. The third-order valence-electron chi connectivity index (χ3n) is 5.89. The summed E-state index contributed by atoms with van der Waals surface area (Å²) < 4.78 is 18.5. The van der Waals surface area contributed by atoms with E-state index in [0.717, 1.165) is 33.2 Å². The molecule has 0 aliphatic carbocycles. The topological polar surface area (TPSA) is 66.8 Å². The van der Waals surface area contributed by atoms with Crippen LogP contribution in [-0.2, 0) is 14.3 Å². The van der Waals surface area contributed by atoms with E-state index in [1.807, 2.05) is 37.3 Å². The second kappa shape index (κ2) is 9.59. The highest BCUT2D eigenvalue weighted by Gasteiger charge is 2.25. The molecular formula is C28H29NO5. The summed E-state index contributed by atoms with van der Waals surface area (Å²) in [5, 5.41) is 2.48. The van der Waals surface area contributed by atoms with Crippen molar-refractivity contribution in [2.75, 3.05) is 19.8 Å². The van der Waals surface area contributed by atoms with Crippen LogP contribution in [-0.4, -0.2) is 36.3 Å². The molecule has 0 atom stereocenters. The molecule has 34 heavy (non-hydrogen) atoms. The Morgan fingerprint density at radius 1 is 0.853 bits per heavy atom. The van der Waals surface area contributed by atoms with Gasteiger partial charge in [0.25, 0.3) is 0 Å². The highest BCUT2D eigenvalue weighted by atomic mass is 16.6. The van der Waals surface area contributed by atoms with Gasteiger partial charge in [0.1, 0.15) is 5.75 Å². The Morgan fingerprint density at radius 3 is 2.24 bits per heavy atom. The molecule has 6 heteroatoms. The fourth-order valence-corrected chi connectivity index (χ4v) is 4.51. The number of esters is 2.